The Morgan fingerprint density at radius 1 is 1.55 bits per heavy atom. The van der Waals surface area contributed by atoms with Crippen molar-refractivity contribution in [2.24, 2.45) is 11.3 Å². The van der Waals surface area contributed by atoms with Crippen LogP contribution in [0.25, 0.3) is 0 Å². The summed E-state index contributed by atoms with van der Waals surface area (Å²) < 4.78 is 0. The maximum atomic E-state index is 11.8. The van der Waals surface area contributed by atoms with E-state index in [2.05, 4.69) is 25.2 Å². The monoisotopic (exact) mass is 291 g/mol. The maximum Gasteiger partial charge on any atom is 0.174 e. The van der Waals surface area contributed by atoms with Gasteiger partial charge in [0, 0.05) is 13.0 Å². The van der Waals surface area contributed by atoms with E-state index in [1.54, 1.807) is 6.92 Å². The van der Waals surface area contributed by atoms with Crippen LogP contribution >= 0.6 is 11.3 Å². The first-order chi connectivity index (χ1) is 9.45. The fourth-order valence-electron chi connectivity index (χ4n) is 2.42. The number of nitriles is 1. The molecule has 108 valence electrons. The fourth-order valence-corrected chi connectivity index (χ4v) is 3.50. The van der Waals surface area contributed by atoms with Crippen LogP contribution in [-0.4, -0.2) is 12.3 Å². The van der Waals surface area contributed by atoms with Gasteiger partial charge < -0.3 is 11.1 Å². The van der Waals surface area contributed by atoms with Crippen LogP contribution in [0.2, 0.25) is 0 Å². The highest BCUT2D eigenvalue weighted by Crippen LogP contribution is 2.52. The number of nitrogen functional groups attached to an aromatic ring is 1. The Balaban J connectivity index is 2.20. The highest BCUT2D eigenvalue weighted by Gasteiger charge is 2.45. The lowest BCUT2D eigenvalue weighted by Crippen LogP contribution is -2.20. The normalized spacial score (nSPS) is 15.9. The highest BCUT2D eigenvalue weighted by atomic mass is 32.1. The van der Waals surface area contributed by atoms with Crippen molar-refractivity contribution in [3.05, 3.63) is 10.4 Å². The summed E-state index contributed by atoms with van der Waals surface area (Å²) >= 11 is 1.32. The second kappa shape index (κ2) is 5.45. The van der Waals surface area contributed by atoms with Crippen LogP contribution in [0.15, 0.2) is 0 Å². The summed E-state index contributed by atoms with van der Waals surface area (Å²) in [6, 6.07) is 2.12. The third kappa shape index (κ3) is 2.53. The maximum absolute atomic E-state index is 11.8. The lowest BCUT2D eigenvalue weighted by atomic mass is 9.92. The number of carbonyl (C=O) groups is 1. The number of carbonyl (C=O) groups excluding carboxylic acids is 1. The summed E-state index contributed by atoms with van der Waals surface area (Å²) in [5.41, 5.74) is 7.04. The predicted molar refractivity (Wildman–Crippen MR) is 83.1 cm³/mol. The largest absolute Gasteiger partial charge is 0.396 e. The first-order valence-electron chi connectivity index (χ1n) is 7.04. The average Bonchev–Trinajstić information content (AvgIpc) is 3.15. The molecule has 1 saturated carbocycles. The van der Waals surface area contributed by atoms with Gasteiger partial charge in [0.1, 0.15) is 16.6 Å². The van der Waals surface area contributed by atoms with Gasteiger partial charge in [-0.3, -0.25) is 4.79 Å². The molecule has 0 bridgehead atoms. The Morgan fingerprint density at radius 3 is 2.65 bits per heavy atom. The van der Waals surface area contributed by atoms with Gasteiger partial charge in [0.25, 0.3) is 0 Å². The number of hydrogen-bond donors (Lipinski definition) is 2. The number of nitrogens with one attached hydrogen (secondary N) is 1. The average molecular weight is 291 g/mol. The molecule has 3 N–H and O–H groups in total. The van der Waals surface area contributed by atoms with E-state index < -0.39 is 0 Å². The Labute approximate surface area is 124 Å². The third-order valence-corrected chi connectivity index (χ3v) is 5.55. The molecule has 1 aliphatic rings. The molecular formula is C15H21N3OS. The molecule has 4 nitrogen and oxygen atoms in total. The molecule has 0 aliphatic heterocycles. The zero-order valence-electron chi connectivity index (χ0n) is 12.2. The van der Waals surface area contributed by atoms with Crippen molar-refractivity contribution in [3.63, 3.8) is 0 Å². The standard InChI is InChI=1S/C15H21N3OS/c1-4-11(19)13-12(17)10(7-16)14(20-13)18-8-15(5-6-15)9(2)3/h9,18H,4-6,8,17H2,1-3H3. The Hall–Kier alpha value is -1.54. The number of thiophene rings is 1. The second-order valence-electron chi connectivity index (χ2n) is 5.81. The molecule has 0 atom stereocenters. The number of hydrogen-bond acceptors (Lipinski definition) is 5. The zero-order chi connectivity index (χ0) is 14.9. The highest BCUT2D eigenvalue weighted by molar-refractivity contribution is 7.19. The number of nitrogens with zero attached hydrogens (tertiary/aromatic N) is 1. The molecule has 0 spiro atoms. The molecule has 1 fully saturated rings. The van der Waals surface area contributed by atoms with Crippen molar-refractivity contribution in [1.82, 2.24) is 0 Å². The van der Waals surface area contributed by atoms with Crippen LogP contribution in [0.1, 0.15) is 55.3 Å². The first kappa shape index (κ1) is 14.9. The van der Waals surface area contributed by atoms with Gasteiger partial charge >= 0.3 is 0 Å². The van der Waals surface area contributed by atoms with E-state index in [1.807, 2.05) is 0 Å². The van der Waals surface area contributed by atoms with Gasteiger partial charge in [-0.05, 0) is 24.2 Å². The zero-order valence-corrected chi connectivity index (χ0v) is 13.1. The number of anilines is 2. The van der Waals surface area contributed by atoms with Crippen molar-refractivity contribution in [2.45, 2.75) is 40.0 Å². The van der Waals surface area contributed by atoms with Crippen LogP contribution in [0.4, 0.5) is 10.7 Å². The van der Waals surface area contributed by atoms with Crippen molar-refractivity contribution in [2.75, 3.05) is 17.6 Å². The molecule has 1 heterocycles. The van der Waals surface area contributed by atoms with Gasteiger partial charge in [-0.2, -0.15) is 5.26 Å². The van der Waals surface area contributed by atoms with E-state index in [-0.39, 0.29) is 5.78 Å². The molecule has 0 unspecified atom stereocenters. The van der Waals surface area contributed by atoms with Crippen molar-refractivity contribution >= 4 is 27.8 Å². The summed E-state index contributed by atoms with van der Waals surface area (Å²) in [6.07, 6.45) is 2.85. The minimum Gasteiger partial charge on any atom is -0.396 e. The number of rotatable bonds is 6. The second-order valence-corrected chi connectivity index (χ2v) is 6.83. The Kier molecular flexibility index (Phi) is 4.05. The molecule has 0 radical (unpaired) electrons. The van der Waals surface area contributed by atoms with Gasteiger partial charge in [-0.1, -0.05) is 20.8 Å². The lowest BCUT2D eigenvalue weighted by molar-refractivity contribution is 0.0993. The molecule has 1 aromatic heterocycles. The third-order valence-electron chi connectivity index (χ3n) is 4.35. The minimum absolute atomic E-state index is 0.00189. The Bertz CT molecular complexity index is 564. The molecular weight excluding hydrogens is 270 g/mol. The molecule has 0 saturated heterocycles. The number of ketones is 1. The molecule has 0 amide bonds. The van der Waals surface area contributed by atoms with E-state index in [0.717, 1.165) is 11.5 Å². The SMILES string of the molecule is CCC(=O)c1sc(NCC2(C(C)C)CC2)c(C#N)c1N. The number of nitrogens with two attached hydrogens (primary N) is 1. The van der Waals surface area contributed by atoms with Crippen molar-refractivity contribution in [1.29, 1.82) is 5.26 Å². The Morgan fingerprint density at radius 2 is 2.20 bits per heavy atom. The van der Waals surface area contributed by atoms with E-state index >= 15 is 0 Å². The molecule has 20 heavy (non-hydrogen) atoms. The van der Waals surface area contributed by atoms with Crippen LogP contribution in [-0.2, 0) is 0 Å². The number of Topliss-reactive ketones (excluding diaryl/α,β-unsaturated/α-hetero) is 1. The molecule has 5 heteroatoms. The quantitative estimate of drug-likeness (QED) is 0.784. The van der Waals surface area contributed by atoms with Crippen LogP contribution < -0.4 is 11.1 Å². The van der Waals surface area contributed by atoms with Gasteiger partial charge in [0.05, 0.1) is 10.6 Å². The summed E-state index contributed by atoms with van der Waals surface area (Å²) in [5.74, 6) is 0.622. The summed E-state index contributed by atoms with van der Waals surface area (Å²) in [6.45, 7) is 7.11. The van der Waals surface area contributed by atoms with E-state index in [4.69, 9.17) is 5.73 Å². The van der Waals surface area contributed by atoms with E-state index in [1.165, 1.54) is 24.2 Å². The predicted octanol–water partition coefficient (Wildman–Crippen LogP) is 3.64. The van der Waals surface area contributed by atoms with Crippen LogP contribution in [0.3, 0.4) is 0 Å². The smallest absolute Gasteiger partial charge is 0.174 e. The summed E-state index contributed by atoms with van der Waals surface area (Å²) in [7, 11) is 0. The van der Waals surface area contributed by atoms with Gasteiger partial charge in [-0.15, -0.1) is 11.3 Å². The van der Waals surface area contributed by atoms with Crippen molar-refractivity contribution in [3.8, 4) is 6.07 Å². The topological polar surface area (TPSA) is 78.9 Å². The van der Waals surface area contributed by atoms with Gasteiger partial charge in [0.15, 0.2) is 5.78 Å². The minimum atomic E-state index is 0.00189. The summed E-state index contributed by atoms with van der Waals surface area (Å²) in [5, 5.41) is 13.3. The molecule has 1 aromatic rings. The molecule has 0 aromatic carbocycles. The van der Waals surface area contributed by atoms with E-state index in [0.29, 0.717) is 33.9 Å². The van der Waals surface area contributed by atoms with Crippen molar-refractivity contribution < 1.29 is 4.79 Å². The first-order valence-corrected chi connectivity index (χ1v) is 7.86. The van der Waals surface area contributed by atoms with Gasteiger partial charge in [0.2, 0.25) is 0 Å². The lowest BCUT2D eigenvalue weighted by Gasteiger charge is -2.20. The summed E-state index contributed by atoms with van der Waals surface area (Å²) in [4.78, 5) is 12.3. The van der Waals surface area contributed by atoms with Crippen LogP contribution in [0.5, 0.6) is 0 Å². The van der Waals surface area contributed by atoms with E-state index in [9.17, 15) is 10.1 Å². The fraction of sp³-hybridized carbons (Fsp3) is 0.600. The molecule has 2 rings (SSSR count). The van der Waals surface area contributed by atoms with Gasteiger partial charge in [-0.25, -0.2) is 0 Å². The van der Waals surface area contributed by atoms with Crippen LogP contribution in [0, 0.1) is 22.7 Å². The molecule has 1 aliphatic carbocycles.